The van der Waals surface area contributed by atoms with E-state index in [1.54, 1.807) is 6.07 Å². The lowest BCUT2D eigenvalue weighted by molar-refractivity contribution is -0.130. The van der Waals surface area contributed by atoms with Gasteiger partial charge in [0.25, 0.3) is 5.91 Å². The van der Waals surface area contributed by atoms with E-state index in [0.717, 1.165) is 30.3 Å². The molecule has 0 bridgehead atoms. The minimum absolute atomic E-state index is 0.0240. The van der Waals surface area contributed by atoms with E-state index in [0.29, 0.717) is 18.8 Å². The van der Waals surface area contributed by atoms with Gasteiger partial charge in [-0.25, -0.2) is 0 Å². The molecule has 0 aliphatic carbocycles. The third-order valence-electron chi connectivity index (χ3n) is 4.05. The van der Waals surface area contributed by atoms with Gasteiger partial charge in [0.2, 0.25) is 5.91 Å². The molecule has 25 heavy (non-hydrogen) atoms. The molecular weight excluding hydrogens is 316 g/mol. The first kappa shape index (κ1) is 19.0. The van der Waals surface area contributed by atoms with Crippen molar-refractivity contribution >= 4 is 22.7 Å². The minimum atomic E-state index is -0.255. The Kier molecular flexibility index (Phi) is 7.01. The fourth-order valence-electron chi connectivity index (χ4n) is 2.77. The van der Waals surface area contributed by atoms with E-state index in [2.05, 4.69) is 22.1 Å². The number of nitrogens with zero attached hydrogens (tertiary/aromatic N) is 2. The summed E-state index contributed by atoms with van der Waals surface area (Å²) in [6, 6.07) is 9.51. The van der Waals surface area contributed by atoms with Crippen LogP contribution in [0, 0.1) is 0 Å². The highest BCUT2D eigenvalue weighted by molar-refractivity contribution is 5.99. The summed E-state index contributed by atoms with van der Waals surface area (Å²) in [4.78, 5) is 31.7. The predicted octanol–water partition coefficient (Wildman–Crippen LogP) is 2.09. The molecule has 1 aromatic heterocycles. The molecule has 0 saturated carbocycles. The van der Waals surface area contributed by atoms with E-state index >= 15 is 0 Å². The second kappa shape index (κ2) is 9.22. The normalized spacial score (nSPS) is 11.0. The molecule has 1 aromatic carbocycles. The molecule has 0 radical (unpaired) electrons. The number of nitrogens with one attached hydrogen (secondary N) is 2. The molecule has 2 aromatic rings. The molecule has 6 heteroatoms. The number of carbonyl (C=O) groups is 2. The maximum absolute atomic E-state index is 12.4. The van der Waals surface area contributed by atoms with Gasteiger partial charge in [-0.15, -0.1) is 0 Å². The third kappa shape index (κ3) is 5.60. The molecule has 0 aliphatic rings. The van der Waals surface area contributed by atoms with E-state index in [1.165, 1.54) is 0 Å². The van der Waals surface area contributed by atoms with Crippen molar-refractivity contribution in [3.63, 3.8) is 0 Å². The van der Waals surface area contributed by atoms with Crippen LogP contribution in [0.4, 0.5) is 0 Å². The molecule has 2 rings (SSSR count). The summed E-state index contributed by atoms with van der Waals surface area (Å²) in [5.41, 5.74) is 1.39. The lowest BCUT2D eigenvalue weighted by Crippen LogP contribution is -2.41. The maximum atomic E-state index is 12.4. The first-order valence-electron chi connectivity index (χ1n) is 8.79. The SMILES string of the molecule is CCCN(CCCN(C)C)C(=O)CNC(=O)c1cc2ccccc2[nH]1. The molecule has 136 valence electrons. The van der Waals surface area contributed by atoms with Crippen molar-refractivity contribution in [3.05, 3.63) is 36.0 Å². The first-order chi connectivity index (χ1) is 12.0. The van der Waals surface area contributed by atoms with E-state index in [9.17, 15) is 9.59 Å². The molecule has 0 atom stereocenters. The van der Waals surface area contributed by atoms with Gasteiger partial charge in [-0.1, -0.05) is 25.1 Å². The summed E-state index contributed by atoms with van der Waals surface area (Å²) in [5, 5.41) is 3.71. The minimum Gasteiger partial charge on any atom is -0.351 e. The Morgan fingerprint density at radius 1 is 1.12 bits per heavy atom. The van der Waals surface area contributed by atoms with Gasteiger partial charge in [0.05, 0.1) is 6.54 Å². The summed E-state index contributed by atoms with van der Waals surface area (Å²) in [7, 11) is 4.04. The average molecular weight is 344 g/mol. The number of amides is 2. The van der Waals surface area contributed by atoms with Gasteiger partial charge in [0.15, 0.2) is 0 Å². The maximum Gasteiger partial charge on any atom is 0.268 e. The Morgan fingerprint density at radius 3 is 2.56 bits per heavy atom. The second-order valence-electron chi connectivity index (χ2n) is 6.49. The second-order valence-corrected chi connectivity index (χ2v) is 6.49. The van der Waals surface area contributed by atoms with Crippen molar-refractivity contribution in [1.29, 1.82) is 0 Å². The number of H-pyrrole nitrogens is 1. The lowest BCUT2D eigenvalue weighted by atomic mass is 10.2. The predicted molar refractivity (Wildman–Crippen MR) is 101 cm³/mol. The highest BCUT2D eigenvalue weighted by Crippen LogP contribution is 2.14. The number of carbonyl (C=O) groups excluding carboxylic acids is 2. The number of para-hydroxylation sites is 1. The monoisotopic (exact) mass is 344 g/mol. The zero-order chi connectivity index (χ0) is 18.2. The van der Waals surface area contributed by atoms with Crippen LogP contribution in [0.3, 0.4) is 0 Å². The molecule has 0 spiro atoms. The summed E-state index contributed by atoms with van der Waals surface area (Å²) < 4.78 is 0. The van der Waals surface area contributed by atoms with Crippen LogP contribution >= 0.6 is 0 Å². The smallest absolute Gasteiger partial charge is 0.268 e. The molecular formula is C19H28N4O2. The van der Waals surface area contributed by atoms with Crippen molar-refractivity contribution in [2.75, 3.05) is 40.3 Å². The molecule has 6 nitrogen and oxygen atoms in total. The van der Waals surface area contributed by atoms with Gasteiger partial charge >= 0.3 is 0 Å². The molecule has 0 aliphatic heterocycles. The zero-order valence-corrected chi connectivity index (χ0v) is 15.3. The van der Waals surface area contributed by atoms with Crippen LogP contribution in [0.2, 0.25) is 0 Å². The van der Waals surface area contributed by atoms with Crippen molar-refractivity contribution in [3.8, 4) is 0 Å². The fraction of sp³-hybridized carbons (Fsp3) is 0.474. The van der Waals surface area contributed by atoms with E-state index < -0.39 is 0 Å². The molecule has 0 fully saturated rings. The van der Waals surface area contributed by atoms with E-state index in [1.807, 2.05) is 43.3 Å². The summed E-state index contributed by atoms with van der Waals surface area (Å²) in [6.07, 6.45) is 1.83. The molecule has 2 amide bonds. The van der Waals surface area contributed by atoms with Crippen molar-refractivity contribution in [1.82, 2.24) is 20.1 Å². The lowest BCUT2D eigenvalue weighted by Gasteiger charge is -2.23. The Bertz CT molecular complexity index is 675. The topological polar surface area (TPSA) is 68.4 Å². The number of rotatable bonds is 9. The number of hydrogen-bond acceptors (Lipinski definition) is 3. The Hall–Kier alpha value is -2.34. The van der Waals surface area contributed by atoms with Crippen LogP contribution in [-0.2, 0) is 4.79 Å². The highest BCUT2D eigenvalue weighted by Gasteiger charge is 2.15. The quantitative estimate of drug-likeness (QED) is 0.732. The zero-order valence-electron chi connectivity index (χ0n) is 15.3. The van der Waals surface area contributed by atoms with Gasteiger partial charge < -0.3 is 20.1 Å². The molecule has 0 unspecified atom stereocenters. The number of fused-ring (bicyclic) bond motifs is 1. The van der Waals surface area contributed by atoms with Crippen molar-refractivity contribution < 1.29 is 9.59 Å². The van der Waals surface area contributed by atoms with Crippen LogP contribution in [0.5, 0.6) is 0 Å². The van der Waals surface area contributed by atoms with Crippen LogP contribution < -0.4 is 5.32 Å². The number of benzene rings is 1. The van der Waals surface area contributed by atoms with Crippen molar-refractivity contribution in [2.24, 2.45) is 0 Å². The largest absolute Gasteiger partial charge is 0.351 e. The van der Waals surface area contributed by atoms with Gasteiger partial charge in [0.1, 0.15) is 5.69 Å². The Morgan fingerprint density at radius 2 is 1.88 bits per heavy atom. The van der Waals surface area contributed by atoms with Gasteiger partial charge in [-0.3, -0.25) is 9.59 Å². The average Bonchev–Trinajstić information content (AvgIpc) is 3.02. The number of hydrogen-bond donors (Lipinski definition) is 2. The van der Waals surface area contributed by atoms with Gasteiger partial charge in [0, 0.05) is 24.0 Å². The number of aromatic amines is 1. The van der Waals surface area contributed by atoms with Gasteiger partial charge in [-0.05, 0) is 45.6 Å². The summed E-state index contributed by atoms with van der Waals surface area (Å²) >= 11 is 0. The van der Waals surface area contributed by atoms with Crippen molar-refractivity contribution in [2.45, 2.75) is 19.8 Å². The first-order valence-corrected chi connectivity index (χ1v) is 8.79. The van der Waals surface area contributed by atoms with Crippen LogP contribution in [0.1, 0.15) is 30.3 Å². The van der Waals surface area contributed by atoms with Crippen LogP contribution in [0.25, 0.3) is 10.9 Å². The van der Waals surface area contributed by atoms with E-state index in [4.69, 9.17) is 0 Å². The van der Waals surface area contributed by atoms with Crippen LogP contribution in [-0.4, -0.2) is 66.9 Å². The highest BCUT2D eigenvalue weighted by atomic mass is 16.2. The Balaban J connectivity index is 1.88. The summed E-state index contributed by atoms with van der Waals surface area (Å²) in [5.74, 6) is -0.292. The third-order valence-corrected chi connectivity index (χ3v) is 4.05. The molecule has 1 heterocycles. The van der Waals surface area contributed by atoms with Gasteiger partial charge in [-0.2, -0.15) is 0 Å². The fourth-order valence-corrected chi connectivity index (χ4v) is 2.77. The number of aromatic nitrogens is 1. The Labute approximate surface area is 149 Å². The summed E-state index contributed by atoms with van der Waals surface area (Å²) in [6.45, 7) is 4.45. The van der Waals surface area contributed by atoms with E-state index in [-0.39, 0.29) is 18.4 Å². The standard InChI is InChI=1S/C19H28N4O2/c1-4-10-23(12-7-11-22(2)3)18(24)14-20-19(25)17-13-15-8-5-6-9-16(15)21-17/h5-6,8-9,13,21H,4,7,10-12,14H2,1-3H3,(H,20,25). The van der Waals surface area contributed by atoms with Crippen LogP contribution in [0.15, 0.2) is 30.3 Å². The molecule has 0 saturated heterocycles. The molecule has 2 N–H and O–H groups in total.